The van der Waals surface area contributed by atoms with Crippen LogP contribution < -0.4 is 10.3 Å². The number of rotatable bonds is 4. The van der Waals surface area contributed by atoms with E-state index in [9.17, 15) is 18.0 Å². The molecule has 0 saturated carbocycles. The summed E-state index contributed by atoms with van der Waals surface area (Å²) >= 11 is 3.05. The third kappa shape index (κ3) is 3.61. The molecule has 0 bridgehead atoms. The Morgan fingerprint density at radius 1 is 1.27 bits per heavy atom. The number of thiophene rings is 1. The van der Waals surface area contributed by atoms with Gasteiger partial charge < -0.3 is 9.47 Å². The fourth-order valence-corrected chi connectivity index (χ4v) is 6.77. The zero-order chi connectivity index (χ0) is 21.5. The molecular formula is C19H18N2O6S3. The molecule has 1 aliphatic heterocycles. The Morgan fingerprint density at radius 2 is 2.00 bits per heavy atom. The summed E-state index contributed by atoms with van der Waals surface area (Å²) < 4.78 is 37.0. The van der Waals surface area contributed by atoms with Gasteiger partial charge in [0, 0.05) is 10.6 Å². The molecule has 0 radical (unpaired) electrons. The first-order chi connectivity index (χ1) is 14.3. The van der Waals surface area contributed by atoms with Gasteiger partial charge in [0.15, 0.2) is 0 Å². The smallest absolute Gasteiger partial charge is 0.434 e. The molecule has 11 heteroatoms. The van der Waals surface area contributed by atoms with Gasteiger partial charge in [-0.15, -0.1) is 15.3 Å². The van der Waals surface area contributed by atoms with Gasteiger partial charge in [0.25, 0.3) is 15.6 Å². The summed E-state index contributed by atoms with van der Waals surface area (Å²) in [6, 6.07) is 5.42. The Morgan fingerprint density at radius 3 is 2.70 bits per heavy atom. The second-order valence-electron chi connectivity index (χ2n) is 6.55. The number of aryl methyl sites for hydroxylation is 2. The van der Waals surface area contributed by atoms with Gasteiger partial charge in [-0.25, -0.2) is 13.2 Å². The molecule has 3 heterocycles. The van der Waals surface area contributed by atoms with Crippen LogP contribution in [0, 0.1) is 6.92 Å². The zero-order valence-electron chi connectivity index (χ0n) is 16.2. The molecule has 0 aliphatic carbocycles. The molecule has 0 amide bonds. The molecule has 0 unspecified atom stereocenters. The highest BCUT2D eigenvalue weighted by molar-refractivity contribution is 7.98. The van der Waals surface area contributed by atoms with Gasteiger partial charge in [-0.3, -0.25) is 4.79 Å². The fraction of sp³-hybridized carbons (Fsp3) is 0.316. The van der Waals surface area contributed by atoms with Gasteiger partial charge >= 0.3 is 12.2 Å². The number of ether oxygens (including phenoxy) is 2. The van der Waals surface area contributed by atoms with Crippen molar-refractivity contribution in [1.29, 1.82) is 0 Å². The first kappa shape index (κ1) is 20.9. The summed E-state index contributed by atoms with van der Waals surface area (Å²) in [6.45, 7) is 3.43. The number of fused-ring (bicyclic) bond motifs is 3. The topological polar surface area (TPSA) is 105 Å². The van der Waals surface area contributed by atoms with Crippen molar-refractivity contribution >= 4 is 49.5 Å². The largest absolute Gasteiger partial charge is 0.516 e. The maximum atomic E-state index is 13.4. The Labute approximate surface area is 180 Å². The normalized spacial score (nSPS) is 13.8. The Kier molecular flexibility index (Phi) is 5.60. The van der Waals surface area contributed by atoms with E-state index in [0.29, 0.717) is 15.2 Å². The molecule has 158 valence electrons. The van der Waals surface area contributed by atoms with Crippen LogP contribution in [0.4, 0.5) is 4.79 Å². The van der Waals surface area contributed by atoms with Crippen molar-refractivity contribution in [2.75, 3.05) is 12.4 Å². The highest BCUT2D eigenvalue weighted by Gasteiger charge is 2.30. The molecule has 1 aromatic carbocycles. The predicted octanol–water partition coefficient (Wildman–Crippen LogP) is 3.33. The second-order valence-corrected chi connectivity index (χ2v) is 10.5. The minimum absolute atomic E-state index is 0.0283. The third-order valence-electron chi connectivity index (χ3n) is 4.57. The summed E-state index contributed by atoms with van der Waals surface area (Å²) in [5, 5.41) is 0.266. The van der Waals surface area contributed by atoms with Crippen LogP contribution in [0.5, 0.6) is 6.01 Å². The minimum atomic E-state index is -4.37. The molecule has 0 spiro atoms. The number of thioether (sulfide) groups is 1. The van der Waals surface area contributed by atoms with Crippen molar-refractivity contribution < 1.29 is 22.7 Å². The van der Waals surface area contributed by atoms with Gasteiger partial charge in [0.1, 0.15) is 4.83 Å². The number of hydrogen-bond acceptors (Lipinski definition) is 9. The lowest BCUT2D eigenvalue weighted by atomic mass is 10.1. The summed E-state index contributed by atoms with van der Waals surface area (Å²) in [6.07, 6.45) is -0.479. The predicted molar refractivity (Wildman–Crippen MR) is 115 cm³/mol. The highest BCUT2D eigenvalue weighted by atomic mass is 32.2. The number of carbonyl (C=O) groups is 1. The third-order valence-corrected chi connectivity index (χ3v) is 8.53. The van der Waals surface area contributed by atoms with Crippen molar-refractivity contribution in [3.8, 4) is 6.01 Å². The summed E-state index contributed by atoms with van der Waals surface area (Å²) in [4.78, 5) is 30.8. The molecule has 0 N–H and O–H groups in total. The van der Waals surface area contributed by atoms with Crippen LogP contribution in [0.1, 0.15) is 22.9 Å². The van der Waals surface area contributed by atoms with Crippen molar-refractivity contribution in [1.82, 2.24) is 8.96 Å². The van der Waals surface area contributed by atoms with Crippen LogP contribution >= 0.6 is 23.1 Å². The molecule has 0 atom stereocenters. The number of aromatic nitrogens is 2. The summed E-state index contributed by atoms with van der Waals surface area (Å²) in [5.74, 6) is 1.57. The molecule has 1 aliphatic rings. The molecule has 8 nitrogen and oxygen atoms in total. The van der Waals surface area contributed by atoms with E-state index in [0.717, 1.165) is 27.5 Å². The number of hydrogen-bond donors (Lipinski definition) is 0. The molecule has 4 rings (SSSR count). The minimum Gasteiger partial charge on any atom is -0.434 e. The lowest BCUT2D eigenvalue weighted by Gasteiger charge is -2.13. The lowest BCUT2D eigenvalue weighted by Crippen LogP contribution is -2.31. The molecule has 0 saturated heterocycles. The van der Waals surface area contributed by atoms with Crippen molar-refractivity contribution in [2.45, 2.75) is 30.9 Å². The van der Waals surface area contributed by atoms with E-state index in [1.165, 1.54) is 23.5 Å². The SMILES string of the molecule is CCOC(=O)Oc1nc2sc3c(c2c(=O)n1S(=O)(=O)c1ccc(C)cc1)CCSC3. The van der Waals surface area contributed by atoms with Crippen LogP contribution in [0.3, 0.4) is 0 Å². The highest BCUT2D eigenvalue weighted by Crippen LogP contribution is 2.36. The van der Waals surface area contributed by atoms with Crippen LogP contribution in [-0.4, -0.2) is 35.9 Å². The zero-order valence-corrected chi connectivity index (χ0v) is 18.7. The van der Waals surface area contributed by atoms with Gasteiger partial charge in [-0.1, -0.05) is 17.7 Å². The molecule has 30 heavy (non-hydrogen) atoms. The van der Waals surface area contributed by atoms with Crippen LogP contribution in [0.15, 0.2) is 34.0 Å². The van der Waals surface area contributed by atoms with E-state index in [4.69, 9.17) is 9.47 Å². The second kappa shape index (κ2) is 8.05. The van der Waals surface area contributed by atoms with E-state index >= 15 is 0 Å². The Hall–Kier alpha value is -2.37. The first-order valence-corrected chi connectivity index (χ1v) is 12.6. The average Bonchev–Trinajstić information content (AvgIpc) is 3.07. The maximum absolute atomic E-state index is 13.4. The molecule has 2 aromatic heterocycles. The summed E-state index contributed by atoms with van der Waals surface area (Å²) in [7, 11) is -4.37. The first-order valence-electron chi connectivity index (χ1n) is 9.14. The van der Waals surface area contributed by atoms with E-state index in [2.05, 4.69) is 4.98 Å². The quantitative estimate of drug-likeness (QED) is 0.539. The standard InChI is InChI=1S/C19H18N2O6S3/c1-3-26-19(23)27-18-20-16-15(13-8-9-28-10-14(13)29-16)17(22)21(18)30(24,25)12-6-4-11(2)5-7-12/h4-7H,3,8-10H2,1-2H3. The maximum Gasteiger partial charge on any atom is 0.516 e. The van der Waals surface area contributed by atoms with E-state index in [1.54, 1.807) is 30.8 Å². The number of nitrogens with zero attached hydrogens (tertiary/aromatic N) is 2. The number of benzene rings is 1. The van der Waals surface area contributed by atoms with Crippen LogP contribution in [0.25, 0.3) is 10.2 Å². The van der Waals surface area contributed by atoms with Crippen LogP contribution in [0.2, 0.25) is 0 Å². The summed E-state index contributed by atoms with van der Waals surface area (Å²) in [5.41, 5.74) is 0.910. The average molecular weight is 467 g/mol. The monoisotopic (exact) mass is 466 g/mol. The van der Waals surface area contributed by atoms with Crippen molar-refractivity contribution in [3.63, 3.8) is 0 Å². The van der Waals surface area contributed by atoms with E-state index in [1.807, 2.05) is 6.92 Å². The van der Waals surface area contributed by atoms with E-state index in [-0.39, 0.29) is 16.9 Å². The molecule has 0 fully saturated rings. The van der Waals surface area contributed by atoms with Crippen LogP contribution in [-0.2, 0) is 26.9 Å². The van der Waals surface area contributed by atoms with E-state index < -0.39 is 27.7 Å². The van der Waals surface area contributed by atoms with Crippen molar-refractivity contribution in [3.05, 3.63) is 50.6 Å². The fourth-order valence-electron chi connectivity index (χ4n) is 3.15. The van der Waals surface area contributed by atoms with Gasteiger partial charge in [-0.05, 0) is 43.7 Å². The van der Waals surface area contributed by atoms with Gasteiger partial charge in [0.2, 0.25) is 0 Å². The molecule has 3 aromatic rings. The van der Waals surface area contributed by atoms with Gasteiger partial charge in [0.05, 0.1) is 16.9 Å². The van der Waals surface area contributed by atoms with Crippen molar-refractivity contribution in [2.24, 2.45) is 0 Å². The Balaban J connectivity index is 1.99. The lowest BCUT2D eigenvalue weighted by molar-refractivity contribution is 0.100. The molecular weight excluding hydrogens is 448 g/mol. The van der Waals surface area contributed by atoms with Gasteiger partial charge in [-0.2, -0.15) is 16.7 Å². The number of carbonyl (C=O) groups excluding carboxylic acids is 1. The Bertz CT molecular complexity index is 1290.